The van der Waals surface area contributed by atoms with Crippen LogP contribution in [-0.2, 0) is 0 Å². The maximum Gasteiger partial charge on any atom is 0.194 e. The molecule has 1 aliphatic heterocycles. The molecule has 170 valence electrons. The van der Waals surface area contributed by atoms with Gasteiger partial charge in [0.25, 0.3) is 0 Å². The van der Waals surface area contributed by atoms with Gasteiger partial charge >= 0.3 is 0 Å². The third-order valence-corrected chi connectivity index (χ3v) is 5.40. The average molecular weight is 538 g/mol. The summed E-state index contributed by atoms with van der Waals surface area (Å²) in [6, 6.07) is 14.5. The number of methoxy groups -OCH3 is 1. The van der Waals surface area contributed by atoms with E-state index in [1.54, 1.807) is 7.11 Å². The Morgan fingerprint density at radius 1 is 1.16 bits per heavy atom. The minimum absolute atomic E-state index is 0. The van der Waals surface area contributed by atoms with Crippen molar-refractivity contribution in [3.05, 3.63) is 54.2 Å². The van der Waals surface area contributed by atoms with E-state index in [1.165, 1.54) is 5.56 Å². The lowest BCUT2D eigenvalue weighted by molar-refractivity contribution is 0.302. The molecule has 1 aromatic heterocycles. The van der Waals surface area contributed by atoms with E-state index in [1.807, 2.05) is 30.5 Å². The highest BCUT2D eigenvalue weighted by atomic mass is 127. The molecule has 1 aliphatic rings. The lowest BCUT2D eigenvalue weighted by atomic mass is 10.1. The molecule has 2 aromatic rings. The van der Waals surface area contributed by atoms with Gasteiger partial charge in [-0.05, 0) is 50.8 Å². The van der Waals surface area contributed by atoms with E-state index in [9.17, 15) is 0 Å². The average Bonchev–Trinajstić information content (AvgIpc) is 2.79. The van der Waals surface area contributed by atoms with Crippen molar-refractivity contribution in [2.45, 2.75) is 13.0 Å². The normalized spacial score (nSPS) is 15.5. The molecule has 0 bridgehead atoms. The summed E-state index contributed by atoms with van der Waals surface area (Å²) in [5.41, 5.74) is 1.21. The summed E-state index contributed by atoms with van der Waals surface area (Å²) in [6.07, 6.45) is 1.85. The van der Waals surface area contributed by atoms with Crippen molar-refractivity contribution in [1.82, 2.24) is 20.1 Å². The molecule has 0 amide bonds. The van der Waals surface area contributed by atoms with E-state index in [-0.39, 0.29) is 30.0 Å². The molecule has 1 unspecified atom stereocenters. The molecule has 0 saturated carbocycles. The Morgan fingerprint density at radius 2 is 1.94 bits per heavy atom. The van der Waals surface area contributed by atoms with Crippen LogP contribution in [0.15, 0.2) is 53.7 Å². The molecule has 0 spiro atoms. The van der Waals surface area contributed by atoms with Gasteiger partial charge in [-0.1, -0.05) is 18.2 Å². The minimum atomic E-state index is 0. The number of ether oxygens (including phenoxy) is 1. The zero-order valence-corrected chi connectivity index (χ0v) is 21.3. The van der Waals surface area contributed by atoms with Crippen molar-refractivity contribution in [3.8, 4) is 5.75 Å². The summed E-state index contributed by atoms with van der Waals surface area (Å²) >= 11 is 0. The number of aromatic nitrogens is 1. The fourth-order valence-electron chi connectivity index (χ4n) is 3.70. The standard InChI is InChI=1S/C23H34N6O.HI/c1-5-24-23(29-15-13-28(14-16-29)22-11-6-7-12-25-22)26-18-21(27(2)3)19-9-8-10-20(17-19)30-4;/h6-12,17,21H,5,13-16,18H2,1-4H3,(H,24,26);1H. The first-order chi connectivity index (χ1) is 14.6. The third-order valence-electron chi connectivity index (χ3n) is 5.40. The fraction of sp³-hybridized carbons (Fsp3) is 0.478. The summed E-state index contributed by atoms with van der Waals surface area (Å²) < 4.78 is 5.41. The third kappa shape index (κ3) is 6.96. The van der Waals surface area contributed by atoms with Crippen LogP contribution in [0, 0.1) is 0 Å². The van der Waals surface area contributed by atoms with Crippen LogP contribution in [-0.4, -0.2) is 81.2 Å². The SMILES string of the molecule is CCNC(=NCC(c1cccc(OC)c1)N(C)C)N1CCN(c2ccccn2)CC1.I. The molecular formula is C23H35IN6O. The van der Waals surface area contributed by atoms with Gasteiger partial charge in [0.1, 0.15) is 11.6 Å². The first-order valence-corrected chi connectivity index (χ1v) is 10.6. The topological polar surface area (TPSA) is 56.2 Å². The second-order valence-electron chi connectivity index (χ2n) is 7.61. The molecule has 1 saturated heterocycles. The first kappa shape index (κ1) is 25.2. The maximum absolute atomic E-state index is 5.41. The van der Waals surface area contributed by atoms with Crippen LogP contribution in [0.4, 0.5) is 5.82 Å². The number of hydrogen-bond donors (Lipinski definition) is 1. The predicted octanol–water partition coefficient (Wildman–Crippen LogP) is 3.10. The lowest BCUT2D eigenvalue weighted by Crippen LogP contribution is -2.53. The van der Waals surface area contributed by atoms with Gasteiger partial charge in [-0.25, -0.2) is 4.98 Å². The number of nitrogens with one attached hydrogen (secondary N) is 1. The number of likely N-dealkylation sites (N-methyl/N-ethyl adjacent to an activating group) is 1. The first-order valence-electron chi connectivity index (χ1n) is 10.6. The van der Waals surface area contributed by atoms with Crippen LogP contribution < -0.4 is 15.0 Å². The highest BCUT2D eigenvalue weighted by molar-refractivity contribution is 14.0. The molecule has 1 atom stereocenters. The Hall–Kier alpha value is -2.07. The van der Waals surface area contributed by atoms with Crippen LogP contribution >= 0.6 is 24.0 Å². The quantitative estimate of drug-likeness (QED) is 0.332. The van der Waals surface area contributed by atoms with Crippen LogP contribution in [0.3, 0.4) is 0 Å². The zero-order valence-electron chi connectivity index (χ0n) is 19.0. The minimum Gasteiger partial charge on any atom is -0.497 e. The molecule has 31 heavy (non-hydrogen) atoms. The van der Waals surface area contributed by atoms with Gasteiger partial charge in [-0.3, -0.25) is 4.99 Å². The van der Waals surface area contributed by atoms with Gasteiger partial charge in [0.2, 0.25) is 0 Å². The van der Waals surface area contributed by atoms with E-state index in [0.29, 0.717) is 6.54 Å². The van der Waals surface area contributed by atoms with E-state index in [2.05, 4.69) is 64.2 Å². The molecule has 2 heterocycles. The van der Waals surface area contributed by atoms with Crippen molar-refractivity contribution in [1.29, 1.82) is 0 Å². The molecule has 1 aromatic carbocycles. The highest BCUT2D eigenvalue weighted by Crippen LogP contribution is 2.23. The molecule has 3 rings (SSSR count). The van der Waals surface area contributed by atoms with Crippen molar-refractivity contribution < 1.29 is 4.74 Å². The fourth-order valence-corrected chi connectivity index (χ4v) is 3.70. The monoisotopic (exact) mass is 538 g/mol. The molecule has 8 heteroatoms. The lowest BCUT2D eigenvalue weighted by Gasteiger charge is -2.37. The Morgan fingerprint density at radius 3 is 2.55 bits per heavy atom. The number of nitrogens with zero attached hydrogens (tertiary/aromatic N) is 5. The summed E-state index contributed by atoms with van der Waals surface area (Å²) in [4.78, 5) is 16.4. The Labute approximate surface area is 203 Å². The smallest absolute Gasteiger partial charge is 0.194 e. The summed E-state index contributed by atoms with van der Waals surface area (Å²) in [6.45, 7) is 7.38. The highest BCUT2D eigenvalue weighted by Gasteiger charge is 2.21. The predicted molar refractivity (Wildman–Crippen MR) is 139 cm³/mol. The number of pyridine rings is 1. The Bertz CT molecular complexity index is 809. The van der Waals surface area contributed by atoms with Gasteiger partial charge in [0.05, 0.1) is 19.7 Å². The van der Waals surface area contributed by atoms with Crippen molar-refractivity contribution in [3.63, 3.8) is 0 Å². The number of benzene rings is 1. The molecule has 7 nitrogen and oxygen atoms in total. The number of rotatable bonds is 7. The van der Waals surface area contributed by atoms with Crippen LogP contribution in [0.2, 0.25) is 0 Å². The number of aliphatic imine (C=N–C) groups is 1. The van der Waals surface area contributed by atoms with Gasteiger partial charge in [0.15, 0.2) is 5.96 Å². The van der Waals surface area contributed by atoms with Crippen LogP contribution in [0.25, 0.3) is 0 Å². The molecule has 1 N–H and O–H groups in total. The van der Waals surface area contributed by atoms with E-state index in [4.69, 9.17) is 9.73 Å². The largest absolute Gasteiger partial charge is 0.497 e. The Balaban J connectivity index is 0.00000341. The van der Waals surface area contributed by atoms with Gasteiger partial charge in [0, 0.05) is 38.9 Å². The molecular weight excluding hydrogens is 503 g/mol. The number of anilines is 1. The number of halogens is 1. The number of guanidine groups is 1. The summed E-state index contributed by atoms with van der Waals surface area (Å²) in [7, 11) is 5.90. The summed E-state index contributed by atoms with van der Waals surface area (Å²) in [5, 5.41) is 3.47. The zero-order chi connectivity index (χ0) is 21.3. The Kier molecular flexibility index (Phi) is 10.3. The maximum atomic E-state index is 5.41. The van der Waals surface area contributed by atoms with Gasteiger partial charge in [-0.15, -0.1) is 24.0 Å². The summed E-state index contributed by atoms with van der Waals surface area (Å²) in [5.74, 6) is 2.90. The van der Waals surface area contributed by atoms with Crippen molar-refractivity contribution in [2.24, 2.45) is 4.99 Å². The molecule has 0 radical (unpaired) electrons. The number of hydrogen-bond acceptors (Lipinski definition) is 5. The van der Waals surface area contributed by atoms with E-state index < -0.39 is 0 Å². The van der Waals surface area contributed by atoms with Gasteiger partial charge < -0.3 is 24.8 Å². The second-order valence-corrected chi connectivity index (χ2v) is 7.61. The van der Waals surface area contributed by atoms with Gasteiger partial charge in [-0.2, -0.15) is 0 Å². The van der Waals surface area contributed by atoms with Crippen molar-refractivity contribution >= 4 is 35.8 Å². The second kappa shape index (κ2) is 12.7. The van der Waals surface area contributed by atoms with Crippen molar-refractivity contribution in [2.75, 3.05) is 65.4 Å². The van der Waals surface area contributed by atoms with Crippen LogP contribution in [0.1, 0.15) is 18.5 Å². The van der Waals surface area contributed by atoms with Crippen LogP contribution in [0.5, 0.6) is 5.75 Å². The molecule has 0 aliphatic carbocycles. The molecule has 1 fully saturated rings. The van der Waals surface area contributed by atoms with E-state index >= 15 is 0 Å². The van der Waals surface area contributed by atoms with E-state index in [0.717, 1.165) is 50.3 Å². The number of piperazine rings is 1.